The van der Waals surface area contributed by atoms with Gasteiger partial charge in [-0.25, -0.2) is 0 Å². The summed E-state index contributed by atoms with van der Waals surface area (Å²) in [6.07, 6.45) is 4.06. The zero-order chi connectivity index (χ0) is 21.6. The van der Waals surface area contributed by atoms with Crippen LogP contribution in [0.3, 0.4) is 0 Å². The molecular weight excluding hydrogens is 374 g/mol. The first kappa shape index (κ1) is 22.8. The van der Waals surface area contributed by atoms with E-state index < -0.39 is 11.9 Å². The summed E-state index contributed by atoms with van der Waals surface area (Å²) < 4.78 is 0. The van der Waals surface area contributed by atoms with Crippen LogP contribution in [0.2, 0.25) is 0 Å². The van der Waals surface area contributed by atoms with Crippen molar-refractivity contribution in [2.75, 3.05) is 13.1 Å². The first-order valence-electron chi connectivity index (χ1n) is 9.88. The molecule has 3 heterocycles. The van der Waals surface area contributed by atoms with Gasteiger partial charge in [-0.15, -0.1) is 0 Å². The molecule has 0 spiro atoms. The van der Waals surface area contributed by atoms with Gasteiger partial charge in [0.2, 0.25) is 5.91 Å². The van der Waals surface area contributed by atoms with Crippen LogP contribution in [0.5, 0.6) is 0 Å². The standard InChI is InChI=1S/C17H23N3O.2C2H4O2/c18-14-8-13-6-7-15(14)20(13)16(21)17(10-19-11-17)9-12-4-2-1-3-5-12;2*1-2(3)4/h1-5,13-15,19H,6-11,18H2;2*1H3,(H,3,4)/t13-,14+,15+;;/m1../s1. The number of amides is 1. The number of carboxylic acid groups (broad SMARTS) is 2. The summed E-state index contributed by atoms with van der Waals surface area (Å²) in [6, 6.07) is 11.2. The average Bonchev–Trinajstić information content (AvgIpc) is 3.14. The third-order valence-electron chi connectivity index (χ3n) is 5.59. The van der Waals surface area contributed by atoms with Crippen LogP contribution in [0.25, 0.3) is 0 Å². The molecule has 2 bridgehead atoms. The lowest BCUT2D eigenvalue weighted by Crippen LogP contribution is -2.64. The zero-order valence-corrected chi connectivity index (χ0v) is 17.0. The van der Waals surface area contributed by atoms with E-state index in [4.69, 9.17) is 25.5 Å². The van der Waals surface area contributed by atoms with Gasteiger partial charge in [0.1, 0.15) is 0 Å². The van der Waals surface area contributed by atoms with Gasteiger partial charge in [-0.05, 0) is 31.2 Å². The fraction of sp³-hybridized carbons (Fsp3) is 0.571. The molecule has 0 radical (unpaired) electrons. The van der Waals surface area contributed by atoms with E-state index in [-0.39, 0.29) is 17.5 Å². The summed E-state index contributed by atoms with van der Waals surface area (Å²) in [6.45, 7) is 3.76. The molecule has 3 atom stereocenters. The number of rotatable bonds is 3. The quantitative estimate of drug-likeness (QED) is 0.592. The summed E-state index contributed by atoms with van der Waals surface area (Å²) in [5, 5.41) is 18.1. The minimum atomic E-state index is -0.833. The van der Waals surface area contributed by atoms with Gasteiger partial charge in [0, 0.05) is 45.1 Å². The number of carbonyl (C=O) groups excluding carboxylic acids is 1. The number of carbonyl (C=O) groups is 3. The van der Waals surface area contributed by atoms with Crippen molar-refractivity contribution >= 4 is 17.8 Å². The molecule has 1 amide bonds. The van der Waals surface area contributed by atoms with Crippen molar-refractivity contribution in [3.63, 3.8) is 0 Å². The van der Waals surface area contributed by atoms with Crippen molar-refractivity contribution in [3.05, 3.63) is 35.9 Å². The zero-order valence-electron chi connectivity index (χ0n) is 17.0. The van der Waals surface area contributed by atoms with Gasteiger partial charge in [0.15, 0.2) is 0 Å². The Labute approximate surface area is 171 Å². The van der Waals surface area contributed by atoms with Crippen LogP contribution in [0.15, 0.2) is 30.3 Å². The molecule has 3 fully saturated rings. The molecule has 8 nitrogen and oxygen atoms in total. The Hall–Kier alpha value is -2.45. The third-order valence-corrected chi connectivity index (χ3v) is 5.59. The lowest BCUT2D eigenvalue weighted by Gasteiger charge is -2.44. The number of nitrogens with one attached hydrogen (secondary N) is 1. The molecule has 160 valence electrons. The minimum Gasteiger partial charge on any atom is -0.481 e. The first-order valence-corrected chi connectivity index (χ1v) is 9.88. The fourth-order valence-electron chi connectivity index (χ4n) is 4.39. The van der Waals surface area contributed by atoms with E-state index in [1.54, 1.807) is 0 Å². The Kier molecular flexibility index (Phi) is 7.75. The third kappa shape index (κ3) is 5.77. The molecule has 0 aliphatic carbocycles. The number of aliphatic carboxylic acids is 2. The lowest BCUT2D eigenvalue weighted by molar-refractivity contribution is -0.146. The SMILES string of the molecule is CC(=O)O.CC(=O)O.N[C@H]1C[C@H]2CC[C@@H]1N2C(=O)C1(Cc2ccccc2)CNC1. The van der Waals surface area contributed by atoms with Crippen molar-refractivity contribution in [3.8, 4) is 0 Å². The number of nitrogens with two attached hydrogens (primary N) is 1. The van der Waals surface area contributed by atoms with Crippen molar-refractivity contribution in [2.45, 2.75) is 57.7 Å². The molecule has 0 aromatic heterocycles. The molecule has 8 heteroatoms. The Bertz CT molecular complexity index is 700. The Morgan fingerprint density at radius 3 is 2.03 bits per heavy atom. The molecule has 0 unspecified atom stereocenters. The van der Waals surface area contributed by atoms with E-state index in [0.717, 1.165) is 52.6 Å². The maximum Gasteiger partial charge on any atom is 0.300 e. The monoisotopic (exact) mass is 405 g/mol. The molecule has 3 aliphatic heterocycles. The lowest BCUT2D eigenvalue weighted by atomic mass is 9.75. The van der Waals surface area contributed by atoms with Gasteiger partial charge in [-0.2, -0.15) is 0 Å². The maximum absolute atomic E-state index is 13.2. The molecule has 1 aromatic carbocycles. The van der Waals surface area contributed by atoms with Gasteiger partial charge >= 0.3 is 0 Å². The molecule has 4 rings (SSSR count). The van der Waals surface area contributed by atoms with E-state index in [9.17, 15) is 4.79 Å². The largest absolute Gasteiger partial charge is 0.481 e. The van der Waals surface area contributed by atoms with Crippen LogP contribution >= 0.6 is 0 Å². The van der Waals surface area contributed by atoms with E-state index in [1.165, 1.54) is 5.56 Å². The Balaban J connectivity index is 0.000000324. The van der Waals surface area contributed by atoms with Gasteiger partial charge < -0.3 is 26.2 Å². The number of benzene rings is 1. The average molecular weight is 405 g/mol. The summed E-state index contributed by atoms with van der Waals surface area (Å²) >= 11 is 0. The van der Waals surface area contributed by atoms with Gasteiger partial charge in [0.05, 0.1) is 5.41 Å². The van der Waals surface area contributed by atoms with Crippen molar-refractivity contribution in [2.24, 2.45) is 11.1 Å². The Morgan fingerprint density at radius 2 is 1.66 bits per heavy atom. The second kappa shape index (κ2) is 9.84. The smallest absolute Gasteiger partial charge is 0.300 e. The minimum absolute atomic E-state index is 0.189. The molecule has 3 aliphatic rings. The highest BCUT2D eigenvalue weighted by Crippen LogP contribution is 2.41. The van der Waals surface area contributed by atoms with Crippen molar-refractivity contribution < 1.29 is 24.6 Å². The van der Waals surface area contributed by atoms with Crippen LogP contribution in [0, 0.1) is 5.41 Å². The Morgan fingerprint density at radius 1 is 1.10 bits per heavy atom. The molecule has 0 saturated carbocycles. The van der Waals surface area contributed by atoms with Gasteiger partial charge in [-0.1, -0.05) is 30.3 Å². The summed E-state index contributed by atoms with van der Waals surface area (Å²) in [5.41, 5.74) is 7.20. The van der Waals surface area contributed by atoms with Crippen LogP contribution in [-0.2, 0) is 20.8 Å². The normalized spacial score (nSPS) is 25.6. The second-order valence-corrected chi connectivity index (χ2v) is 7.99. The first-order chi connectivity index (χ1) is 13.7. The molecular formula is C21H31N3O5. The van der Waals surface area contributed by atoms with Crippen LogP contribution in [0.1, 0.15) is 38.7 Å². The maximum atomic E-state index is 13.2. The highest BCUT2D eigenvalue weighted by molar-refractivity contribution is 5.86. The molecule has 29 heavy (non-hydrogen) atoms. The van der Waals surface area contributed by atoms with Crippen LogP contribution in [0.4, 0.5) is 0 Å². The van der Waals surface area contributed by atoms with Gasteiger partial charge in [0.25, 0.3) is 11.9 Å². The van der Waals surface area contributed by atoms with Crippen molar-refractivity contribution in [1.29, 1.82) is 0 Å². The highest BCUT2D eigenvalue weighted by Gasteiger charge is 2.54. The summed E-state index contributed by atoms with van der Waals surface area (Å²) in [7, 11) is 0. The molecule has 5 N–H and O–H groups in total. The topological polar surface area (TPSA) is 133 Å². The number of hydrogen-bond acceptors (Lipinski definition) is 5. The van der Waals surface area contributed by atoms with Gasteiger partial charge in [-0.3, -0.25) is 14.4 Å². The summed E-state index contributed by atoms with van der Waals surface area (Å²) in [5.74, 6) is -1.33. The van der Waals surface area contributed by atoms with Crippen LogP contribution < -0.4 is 11.1 Å². The highest BCUT2D eigenvalue weighted by atomic mass is 16.4. The fourth-order valence-corrected chi connectivity index (χ4v) is 4.39. The predicted octanol–water partition coefficient (Wildman–Crippen LogP) is 1.09. The number of carboxylic acids is 2. The van der Waals surface area contributed by atoms with Crippen molar-refractivity contribution in [1.82, 2.24) is 10.2 Å². The molecule has 3 saturated heterocycles. The number of nitrogens with zero attached hydrogens (tertiary/aromatic N) is 1. The van der Waals surface area contributed by atoms with E-state index in [2.05, 4.69) is 34.5 Å². The van der Waals surface area contributed by atoms with E-state index in [1.807, 2.05) is 6.07 Å². The van der Waals surface area contributed by atoms with Crippen LogP contribution in [-0.4, -0.2) is 64.2 Å². The second-order valence-electron chi connectivity index (χ2n) is 7.99. The molecule has 1 aromatic rings. The number of fused-ring (bicyclic) bond motifs is 2. The van der Waals surface area contributed by atoms with E-state index >= 15 is 0 Å². The predicted molar refractivity (Wildman–Crippen MR) is 108 cm³/mol. The summed E-state index contributed by atoms with van der Waals surface area (Å²) in [4.78, 5) is 33.3. The van der Waals surface area contributed by atoms with E-state index in [0.29, 0.717) is 11.9 Å². The number of hydrogen-bond donors (Lipinski definition) is 4.